The molecule has 1 atom stereocenters. The van der Waals surface area contributed by atoms with E-state index in [1.807, 2.05) is 19.1 Å². The van der Waals surface area contributed by atoms with Crippen LogP contribution >= 0.6 is 0 Å². The van der Waals surface area contributed by atoms with Crippen molar-refractivity contribution in [2.45, 2.75) is 25.9 Å². The lowest BCUT2D eigenvalue weighted by Gasteiger charge is -2.25. The first-order chi connectivity index (χ1) is 8.69. The fourth-order valence-electron chi connectivity index (χ4n) is 1.73. The largest absolute Gasteiger partial charge is 0.383 e. The van der Waals surface area contributed by atoms with E-state index in [9.17, 15) is 4.79 Å². The Balaban J connectivity index is 2.67. The van der Waals surface area contributed by atoms with Crippen molar-refractivity contribution >= 4 is 5.91 Å². The van der Waals surface area contributed by atoms with Gasteiger partial charge in [0.2, 0.25) is 5.91 Å². The van der Waals surface area contributed by atoms with E-state index in [1.165, 1.54) is 0 Å². The number of nitrogens with zero attached hydrogens (tertiary/aromatic N) is 2. The Labute approximate surface area is 108 Å². The molecule has 0 saturated heterocycles. The van der Waals surface area contributed by atoms with Crippen LogP contribution < -0.4 is 5.73 Å². The van der Waals surface area contributed by atoms with Gasteiger partial charge in [0.25, 0.3) is 0 Å². The molecule has 0 aliphatic rings. The Hall–Kier alpha value is -1.46. The van der Waals surface area contributed by atoms with Crippen LogP contribution in [0.1, 0.15) is 18.9 Å². The summed E-state index contributed by atoms with van der Waals surface area (Å²) in [5.74, 6) is -0.0810. The number of methoxy groups -OCH3 is 1. The van der Waals surface area contributed by atoms with Crippen LogP contribution in [0.3, 0.4) is 0 Å². The molecule has 0 unspecified atom stereocenters. The monoisotopic (exact) mass is 251 g/mol. The smallest absolute Gasteiger partial charge is 0.242 e. The van der Waals surface area contributed by atoms with Crippen molar-refractivity contribution in [1.29, 1.82) is 0 Å². The van der Waals surface area contributed by atoms with Crippen molar-refractivity contribution < 1.29 is 9.53 Å². The lowest BCUT2D eigenvalue weighted by Crippen LogP contribution is -2.46. The van der Waals surface area contributed by atoms with Gasteiger partial charge in [-0.2, -0.15) is 0 Å². The molecule has 0 aromatic carbocycles. The molecule has 18 heavy (non-hydrogen) atoms. The summed E-state index contributed by atoms with van der Waals surface area (Å²) in [7, 11) is 1.54. The molecule has 0 fully saturated rings. The van der Waals surface area contributed by atoms with E-state index in [2.05, 4.69) is 4.98 Å². The van der Waals surface area contributed by atoms with Gasteiger partial charge in [-0.15, -0.1) is 0 Å². The molecule has 0 aliphatic heterocycles. The summed E-state index contributed by atoms with van der Waals surface area (Å²) in [4.78, 5) is 17.9. The number of ether oxygens (including phenoxy) is 1. The summed E-state index contributed by atoms with van der Waals surface area (Å²) >= 11 is 0. The van der Waals surface area contributed by atoms with Crippen LogP contribution in [0.5, 0.6) is 0 Å². The Bertz CT molecular complexity index is 357. The second-order valence-corrected chi connectivity index (χ2v) is 4.18. The van der Waals surface area contributed by atoms with Crippen LogP contribution in [0, 0.1) is 0 Å². The molecule has 5 heteroatoms. The van der Waals surface area contributed by atoms with Gasteiger partial charge in [0.15, 0.2) is 0 Å². The molecule has 2 N–H and O–H groups in total. The van der Waals surface area contributed by atoms with Crippen LogP contribution in [-0.2, 0) is 16.1 Å². The van der Waals surface area contributed by atoms with Crippen molar-refractivity contribution in [2.75, 3.05) is 20.3 Å². The molecule has 0 radical (unpaired) electrons. The number of nitrogens with two attached hydrogens (primary N) is 1. The molecule has 0 aliphatic carbocycles. The summed E-state index contributed by atoms with van der Waals surface area (Å²) < 4.78 is 4.92. The van der Waals surface area contributed by atoms with E-state index in [0.29, 0.717) is 13.1 Å². The highest BCUT2D eigenvalue weighted by molar-refractivity contribution is 5.81. The average molecular weight is 251 g/mol. The molecule has 1 rings (SSSR count). The second kappa shape index (κ2) is 7.79. The van der Waals surface area contributed by atoms with Gasteiger partial charge in [0, 0.05) is 32.6 Å². The van der Waals surface area contributed by atoms with Crippen molar-refractivity contribution in [2.24, 2.45) is 5.73 Å². The van der Waals surface area contributed by atoms with Gasteiger partial charge in [-0.05, 0) is 18.1 Å². The van der Waals surface area contributed by atoms with Crippen molar-refractivity contribution in [1.82, 2.24) is 9.88 Å². The topological polar surface area (TPSA) is 68.5 Å². The van der Waals surface area contributed by atoms with Crippen LogP contribution in [0.4, 0.5) is 0 Å². The first-order valence-electron chi connectivity index (χ1n) is 6.11. The second-order valence-electron chi connectivity index (χ2n) is 4.18. The molecule has 1 heterocycles. The first kappa shape index (κ1) is 14.6. The summed E-state index contributed by atoms with van der Waals surface area (Å²) in [6.45, 7) is 3.50. The van der Waals surface area contributed by atoms with Gasteiger partial charge in [0.05, 0.1) is 6.61 Å². The van der Waals surface area contributed by atoms with Gasteiger partial charge in [-0.1, -0.05) is 13.0 Å². The molecular formula is C13H21N3O2. The minimum absolute atomic E-state index is 0.0810. The Morgan fingerprint density at radius 2 is 2.39 bits per heavy atom. The van der Waals surface area contributed by atoms with Crippen LogP contribution in [0.25, 0.3) is 0 Å². The number of pyridine rings is 1. The maximum Gasteiger partial charge on any atom is 0.242 e. The fourth-order valence-corrected chi connectivity index (χ4v) is 1.73. The van der Waals surface area contributed by atoms with Gasteiger partial charge >= 0.3 is 0 Å². The molecule has 1 aromatic heterocycles. The number of amides is 1. The Morgan fingerprint density at radius 3 is 2.94 bits per heavy atom. The van der Waals surface area contributed by atoms with Gasteiger partial charge in [0.1, 0.15) is 6.04 Å². The molecule has 0 spiro atoms. The van der Waals surface area contributed by atoms with E-state index in [-0.39, 0.29) is 12.5 Å². The van der Waals surface area contributed by atoms with Gasteiger partial charge in [-0.25, -0.2) is 0 Å². The normalized spacial score (nSPS) is 12.2. The predicted molar refractivity (Wildman–Crippen MR) is 69.8 cm³/mol. The summed E-state index contributed by atoms with van der Waals surface area (Å²) in [5.41, 5.74) is 6.78. The maximum absolute atomic E-state index is 12.1. The Morgan fingerprint density at radius 1 is 1.61 bits per heavy atom. The SMILES string of the molecule is CCCN(Cc1cccnc1)C(=O)[C@@H](N)COC. The van der Waals surface area contributed by atoms with Crippen molar-refractivity contribution in [3.63, 3.8) is 0 Å². The number of rotatable bonds is 7. The summed E-state index contributed by atoms with van der Waals surface area (Å²) in [6.07, 6.45) is 4.37. The highest BCUT2D eigenvalue weighted by Gasteiger charge is 2.20. The molecule has 1 aromatic rings. The van der Waals surface area contributed by atoms with Crippen LogP contribution in [0.15, 0.2) is 24.5 Å². The minimum atomic E-state index is -0.599. The number of aromatic nitrogens is 1. The summed E-state index contributed by atoms with van der Waals surface area (Å²) in [6, 6.07) is 3.21. The average Bonchev–Trinajstić information content (AvgIpc) is 2.39. The van der Waals surface area contributed by atoms with Gasteiger partial charge < -0.3 is 15.4 Å². The van der Waals surface area contributed by atoms with Gasteiger partial charge in [-0.3, -0.25) is 9.78 Å². The van der Waals surface area contributed by atoms with E-state index >= 15 is 0 Å². The summed E-state index contributed by atoms with van der Waals surface area (Å²) in [5, 5.41) is 0. The zero-order chi connectivity index (χ0) is 13.4. The molecule has 100 valence electrons. The lowest BCUT2D eigenvalue weighted by molar-refractivity contribution is -0.134. The van der Waals surface area contributed by atoms with E-state index in [4.69, 9.17) is 10.5 Å². The van der Waals surface area contributed by atoms with E-state index < -0.39 is 6.04 Å². The zero-order valence-electron chi connectivity index (χ0n) is 11.0. The third-order valence-electron chi connectivity index (χ3n) is 2.56. The third kappa shape index (κ3) is 4.43. The molecule has 0 saturated carbocycles. The maximum atomic E-state index is 12.1. The zero-order valence-corrected chi connectivity index (χ0v) is 11.0. The molecule has 1 amide bonds. The van der Waals surface area contributed by atoms with Crippen LogP contribution in [-0.4, -0.2) is 42.1 Å². The lowest BCUT2D eigenvalue weighted by atomic mass is 10.2. The number of hydrogen-bond acceptors (Lipinski definition) is 4. The minimum Gasteiger partial charge on any atom is -0.383 e. The van der Waals surface area contributed by atoms with E-state index in [0.717, 1.165) is 12.0 Å². The standard InChI is InChI=1S/C13H21N3O2/c1-3-7-16(13(17)12(14)10-18-2)9-11-5-4-6-15-8-11/h4-6,8,12H,3,7,9-10,14H2,1-2H3/t12-/m0/s1. The first-order valence-corrected chi connectivity index (χ1v) is 6.11. The van der Waals surface area contributed by atoms with E-state index in [1.54, 1.807) is 24.4 Å². The Kier molecular flexibility index (Phi) is 6.32. The number of carbonyl (C=O) groups is 1. The molecule has 0 bridgehead atoms. The predicted octanol–water partition coefficient (Wildman–Crippen LogP) is 0.794. The number of carbonyl (C=O) groups excluding carboxylic acids is 1. The van der Waals surface area contributed by atoms with Crippen LogP contribution in [0.2, 0.25) is 0 Å². The fraction of sp³-hybridized carbons (Fsp3) is 0.538. The molecular weight excluding hydrogens is 230 g/mol. The quantitative estimate of drug-likeness (QED) is 0.778. The third-order valence-corrected chi connectivity index (χ3v) is 2.56. The molecule has 5 nitrogen and oxygen atoms in total. The van der Waals surface area contributed by atoms with Crippen molar-refractivity contribution in [3.8, 4) is 0 Å². The highest BCUT2D eigenvalue weighted by Crippen LogP contribution is 2.05. The highest BCUT2D eigenvalue weighted by atomic mass is 16.5. The van der Waals surface area contributed by atoms with Crippen molar-refractivity contribution in [3.05, 3.63) is 30.1 Å². The number of hydrogen-bond donors (Lipinski definition) is 1.